The molecule has 0 aromatic heterocycles. The highest BCUT2D eigenvalue weighted by Gasteiger charge is 2.11. The van der Waals surface area contributed by atoms with Crippen LogP contribution in [0.25, 0.3) is 11.1 Å². The summed E-state index contributed by atoms with van der Waals surface area (Å²) in [6.07, 6.45) is 1.21. The summed E-state index contributed by atoms with van der Waals surface area (Å²) in [7, 11) is 3.12. The first-order chi connectivity index (χ1) is 11.1. The van der Waals surface area contributed by atoms with Crippen LogP contribution in [0.1, 0.15) is 22.3 Å². The zero-order valence-corrected chi connectivity index (χ0v) is 13.2. The minimum Gasteiger partial charge on any atom is -0.493 e. The van der Waals surface area contributed by atoms with E-state index in [1.165, 1.54) is 0 Å². The largest absolute Gasteiger partial charge is 0.493 e. The zero-order chi connectivity index (χ0) is 16.8. The first kappa shape index (κ1) is 16.8. The number of carboxylic acids is 1. The lowest BCUT2D eigenvalue weighted by atomic mass is 9.97. The van der Waals surface area contributed by atoms with Gasteiger partial charge in [0.05, 0.1) is 19.8 Å². The lowest BCUT2D eigenvalue weighted by molar-refractivity contribution is 0.0697. The number of rotatable bonds is 7. The molecule has 0 radical (unpaired) electrons. The molecule has 0 spiro atoms. The zero-order valence-electron chi connectivity index (χ0n) is 13.2. The third kappa shape index (κ3) is 4.02. The van der Waals surface area contributed by atoms with Gasteiger partial charge in [0.2, 0.25) is 0 Å². The smallest absolute Gasteiger partial charge is 0.335 e. The molecule has 122 valence electrons. The number of aryl methyl sites for hydroxylation is 1. The molecule has 0 bridgehead atoms. The second-order valence-corrected chi connectivity index (χ2v) is 5.12. The van der Waals surface area contributed by atoms with Crippen molar-refractivity contribution in [3.8, 4) is 22.6 Å². The molecular formula is C18H20O5. The van der Waals surface area contributed by atoms with Crippen LogP contribution in [0, 0.1) is 0 Å². The molecule has 0 fully saturated rings. The van der Waals surface area contributed by atoms with E-state index >= 15 is 0 Å². The maximum Gasteiger partial charge on any atom is 0.335 e. The van der Waals surface area contributed by atoms with Crippen LogP contribution in [0.3, 0.4) is 0 Å². The minimum atomic E-state index is -0.974. The lowest BCUT2D eigenvalue weighted by Crippen LogP contribution is -2.00. The fourth-order valence-corrected chi connectivity index (χ4v) is 2.43. The van der Waals surface area contributed by atoms with Gasteiger partial charge in [-0.25, -0.2) is 4.79 Å². The molecule has 2 aromatic rings. The molecular weight excluding hydrogens is 296 g/mol. The summed E-state index contributed by atoms with van der Waals surface area (Å²) in [5, 5.41) is 18.3. The van der Waals surface area contributed by atoms with Gasteiger partial charge in [0, 0.05) is 6.61 Å². The average Bonchev–Trinajstić information content (AvgIpc) is 2.58. The van der Waals surface area contributed by atoms with Gasteiger partial charge >= 0.3 is 5.97 Å². The SMILES string of the molecule is COc1ccc(-c2cc(CCCO)cc(C(=O)O)c2)cc1OC. The molecule has 0 aliphatic carbocycles. The molecule has 2 rings (SSSR count). The summed E-state index contributed by atoms with van der Waals surface area (Å²) < 4.78 is 10.5. The summed E-state index contributed by atoms with van der Waals surface area (Å²) in [6, 6.07) is 10.7. The molecule has 0 atom stereocenters. The molecule has 23 heavy (non-hydrogen) atoms. The number of hydrogen-bond acceptors (Lipinski definition) is 4. The number of carboxylic acid groups (broad SMARTS) is 1. The molecule has 5 heteroatoms. The van der Waals surface area contributed by atoms with Crippen molar-refractivity contribution in [2.24, 2.45) is 0 Å². The van der Waals surface area contributed by atoms with Crippen molar-refractivity contribution < 1.29 is 24.5 Å². The van der Waals surface area contributed by atoms with Crippen molar-refractivity contribution in [3.63, 3.8) is 0 Å². The topological polar surface area (TPSA) is 76.0 Å². The quantitative estimate of drug-likeness (QED) is 0.821. The molecule has 0 unspecified atom stereocenters. The third-order valence-corrected chi connectivity index (χ3v) is 3.58. The molecule has 0 saturated heterocycles. The number of aliphatic hydroxyl groups excluding tert-OH is 1. The maximum atomic E-state index is 11.3. The van der Waals surface area contributed by atoms with Crippen LogP contribution in [0.5, 0.6) is 11.5 Å². The maximum absolute atomic E-state index is 11.3. The van der Waals surface area contributed by atoms with Gasteiger partial charge in [0.1, 0.15) is 0 Å². The summed E-state index contributed by atoms with van der Waals surface area (Å²) >= 11 is 0. The van der Waals surface area contributed by atoms with Crippen molar-refractivity contribution >= 4 is 5.97 Å². The number of aromatic carboxylic acids is 1. The van der Waals surface area contributed by atoms with Crippen LogP contribution >= 0.6 is 0 Å². The van der Waals surface area contributed by atoms with E-state index in [-0.39, 0.29) is 12.2 Å². The van der Waals surface area contributed by atoms with E-state index in [0.29, 0.717) is 24.3 Å². The number of methoxy groups -OCH3 is 2. The van der Waals surface area contributed by atoms with Gasteiger partial charge < -0.3 is 19.7 Å². The number of hydrogen-bond donors (Lipinski definition) is 2. The Balaban J connectivity index is 2.48. The van der Waals surface area contributed by atoms with E-state index in [9.17, 15) is 9.90 Å². The van der Waals surface area contributed by atoms with Gasteiger partial charge in [-0.3, -0.25) is 0 Å². The lowest BCUT2D eigenvalue weighted by Gasteiger charge is -2.11. The predicted molar refractivity (Wildman–Crippen MR) is 87.3 cm³/mol. The van der Waals surface area contributed by atoms with Crippen LogP contribution < -0.4 is 9.47 Å². The predicted octanol–water partition coefficient (Wildman–Crippen LogP) is 2.99. The second-order valence-electron chi connectivity index (χ2n) is 5.12. The molecule has 2 aromatic carbocycles. The van der Waals surface area contributed by atoms with E-state index in [0.717, 1.165) is 16.7 Å². The van der Waals surface area contributed by atoms with Crippen molar-refractivity contribution in [3.05, 3.63) is 47.5 Å². The van der Waals surface area contributed by atoms with Crippen molar-refractivity contribution in [1.82, 2.24) is 0 Å². The summed E-state index contributed by atoms with van der Waals surface area (Å²) in [6.45, 7) is 0.0724. The van der Waals surface area contributed by atoms with Crippen molar-refractivity contribution in [2.45, 2.75) is 12.8 Å². The van der Waals surface area contributed by atoms with Gasteiger partial charge in [-0.1, -0.05) is 12.1 Å². The van der Waals surface area contributed by atoms with Crippen molar-refractivity contribution in [1.29, 1.82) is 0 Å². The Bertz CT molecular complexity index is 694. The molecule has 0 amide bonds. The normalized spacial score (nSPS) is 10.4. The van der Waals surface area contributed by atoms with Crippen LogP contribution in [0.4, 0.5) is 0 Å². The molecule has 2 N–H and O–H groups in total. The summed E-state index contributed by atoms with van der Waals surface area (Å²) in [4.78, 5) is 11.3. The van der Waals surface area contributed by atoms with Gasteiger partial charge in [-0.05, 0) is 53.8 Å². The van der Waals surface area contributed by atoms with E-state index in [1.807, 2.05) is 18.2 Å². The molecule has 0 heterocycles. The standard InChI is InChI=1S/C18H20O5/c1-22-16-6-5-13(11-17(16)23-2)14-8-12(4-3-7-19)9-15(10-14)18(20)21/h5-6,8-11,19H,3-4,7H2,1-2H3,(H,20,21). The van der Waals surface area contributed by atoms with Crippen LogP contribution in [0.15, 0.2) is 36.4 Å². The number of aliphatic hydroxyl groups is 1. The van der Waals surface area contributed by atoms with Crippen LogP contribution in [-0.2, 0) is 6.42 Å². The fourth-order valence-electron chi connectivity index (χ4n) is 2.43. The first-order valence-corrected chi connectivity index (χ1v) is 7.29. The molecule has 0 aliphatic heterocycles. The summed E-state index contributed by atoms with van der Waals surface area (Å²) in [5.74, 6) is 0.228. The first-order valence-electron chi connectivity index (χ1n) is 7.29. The Kier molecular flexibility index (Phi) is 5.60. The van der Waals surface area contributed by atoms with E-state index in [2.05, 4.69) is 0 Å². The van der Waals surface area contributed by atoms with Gasteiger partial charge in [0.15, 0.2) is 11.5 Å². The van der Waals surface area contributed by atoms with Gasteiger partial charge in [-0.15, -0.1) is 0 Å². The highest BCUT2D eigenvalue weighted by molar-refractivity contribution is 5.90. The number of ether oxygens (including phenoxy) is 2. The highest BCUT2D eigenvalue weighted by Crippen LogP contribution is 2.33. The van der Waals surface area contributed by atoms with Crippen LogP contribution in [0.2, 0.25) is 0 Å². The van der Waals surface area contributed by atoms with Gasteiger partial charge in [-0.2, -0.15) is 0 Å². The number of benzene rings is 2. The van der Waals surface area contributed by atoms with E-state index in [4.69, 9.17) is 14.6 Å². The summed E-state index contributed by atoms with van der Waals surface area (Å²) in [5.41, 5.74) is 2.74. The van der Waals surface area contributed by atoms with Crippen molar-refractivity contribution in [2.75, 3.05) is 20.8 Å². The Labute approximate surface area is 135 Å². The van der Waals surface area contributed by atoms with E-state index < -0.39 is 5.97 Å². The fraction of sp³-hybridized carbons (Fsp3) is 0.278. The van der Waals surface area contributed by atoms with Gasteiger partial charge in [0.25, 0.3) is 0 Å². The molecule has 5 nitrogen and oxygen atoms in total. The van der Waals surface area contributed by atoms with E-state index in [1.54, 1.807) is 32.4 Å². The number of carbonyl (C=O) groups is 1. The average molecular weight is 316 g/mol. The molecule has 0 aliphatic rings. The Morgan fingerprint density at radius 1 is 1.00 bits per heavy atom. The Morgan fingerprint density at radius 2 is 1.74 bits per heavy atom. The Hall–Kier alpha value is -2.53. The third-order valence-electron chi connectivity index (χ3n) is 3.58. The second kappa shape index (κ2) is 7.65. The van der Waals surface area contributed by atoms with Crippen LogP contribution in [-0.4, -0.2) is 37.0 Å². The molecule has 0 saturated carbocycles. The monoisotopic (exact) mass is 316 g/mol. The minimum absolute atomic E-state index is 0.0724. The Morgan fingerprint density at radius 3 is 2.35 bits per heavy atom. The highest BCUT2D eigenvalue weighted by atomic mass is 16.5.